The number of hydrogen-bond donors (Lipinski definition) is 1. The van der Waals surface area contributed by atoms with Gasteiger partial charge < -0.3 is 14.1 Å². The predicted molar refractivity (Wildman–Crippen MR) is 81.1 cm³/mol. The third kappa shape index (κ3) is 2.63. The van der Waals surface area contributed by atoms with Crippen LogP contribution in [0.25, 0.3) is 17.5 Å². The first-order valence-electron chi connectivity index (χ1n) is 6.98. The first-order valence-corrected chi connectivity index (χ1v) is 7.36. The molecule has 0 atom stereocenters. The van der Waals surface area contributed by atoms with Gasteiger partial charge in [0.1, 0.15) is 5.69 Å². The smallest absolute Gasteiger partial charge is 0.169 e. The van der Waals surface area contributed by atoms with Crippen molar-refractivity contribution in [1.29, 1.82) is 0 Å². The normalized spacial score (nSPS) is 15.4. The average Bonchev–Trinajstić information content (AvgIpc) is 3.06. The summed E-state index contributed by atoms with van der Waals surface area (Å²) in [6.07, 6.45) is 10.1. The summed E-state index contributed by atoms with van der Waals surface area (Å²) in [7, 11) is 1.66. The van der Waals surface area contributed by atoms with Gasteiger partial charge in [0.05, 0.1) is 12.1 Å². The van der Waals surface area contributed by atoms with Crippen molar-refractivity contribution in [2.24, 2.45) is 0 Å². The summed E-state index contributed by atoms with van der Waals surface area (Å²) in [5, 5.41) is 0.651. The fourth-order valence-corrected chi connectivity index (χ4v) is 2.86. The van der Waals surface area contributed by atoms with Crippen LogP contribution in [0, 0.1) is 0 Å². The Bertz CT molecular complexity index is 616. The third-order valence-electron chi connectivity index (χ3n) is 3.72. The van der Waals surface area contributed by atoms with E-state index in [4.69, 9.17) is 20.8 Å². The molecule has 106 valence electrons. The van der Waals surface area contributed by atoms with E-state index in [2.05, 4.69) is 11.1 Å². The van der Waals surface area contributed by atoms with Gasteiger partial charge in [0.25, 0.3) is 0 Å². The second kappa shape index (κ2) is 5.80. The van der Waals surface area contributed by atoms with E-state index in [0.717, 1.165) is 30.0 Å². The van der Waals surface area contributed by atoms with Gasteiger partial charge in [0.2, 0.25) is 0 Å². The van der Waals surface area contributed by atoms with Crippen LogP contribution in [0.15, 0.2) is 28.3 Å². The Kier molecular flexibility index (Phi) is 3.88. The molecular weight excluding hydrogens is 274 g/mol. The number of methoxy groups -OCH3 is 1. The Morgan fingerprint density at radius 3 is 2.75 bits per heavy atom. The fraction of sp³-hybridized carbons (Fsp3) is 0.375. The molecule has 0 aromatic carbocycles. The number of aromatic amines is 1. The van der Waals surface area contributed by atoms with Crippen LogP contribution in [0.3, 0.4) is 0 Å². The molecule has 2 aromatic heterocycles. The molecule has 3 nitrogen and oxygen atoms in total. The highest BCUT2D eigenvalue weighted by Crippen LogP contribution is 2.36. The number of nitrogens with one attached hydrogen (secondary N) is 1. The minimum absolute atomic E-state index is 0.651. The molecular formula is C16H18ClNO2. The minimum atomic E-state index is 0.651. The SMILES string of the molecule is COc1cc(-c2[nH]ccc2Cl)oc1C=C1CCCCC1. The highest BCUT2D eigenvalue weighted by molar-refractivity contribution is 6.33. The van der Waals surface area contributed by atoms with Crippen LogP contribution in [0.5, 0.6) is 5.75 Å². The van der Waals surface area contributed by atoms with Crippen LogP contribution in [0.2, 0.25) is 5.02 Å². The largest absolute Gasteiger partial charge is 0.493 e. The third-order valence-corrected chi connectivity index (χ3v) is 4.03. The number of allylic oxidation sites excluding steroid dienone is 1. The van der Waals surface area contributed by atoms with Crippen molar-refractivity contribution in [2.75, 3.05) is 7.11 Å². The molecule has 0 aliphatic heterocycles. The Morgan fingerprint density at radius 2 is 2.10 bits per heavy atom. The molecule has 1 saturated carbocycles. The summed E-state index contributed by atoms with van der Waals surface area (Å²) in [5.74, 6) is 2.24. The molecule has 0 bridgehead atoms. The molecule has 20 heavy (non-hydrogen) atoms. The summed E-state index contributed by atoms with van der Waals surface area (Å²) in [6, 6.07) is 3.69. The average molecular weight is 292 g/mol. The Hall–Kier alpha value is -1.61. The monoisotopic (exact) mass is 291 g/mol. The number of aromatic nitrogens is 1. The summed E-state index contributed by atoms with van der Waals surface area (Å²) in [4.78, 5) is 3.09. The number of H-pyrrole nitrogens is 1. The standard InChI is InChI=1S/C16H18ClNO2/c1-19-13-10-15(16-12(17)7-8-18-16)20-14(13)9-11-5-3-2-4-6-11/h7-10,18H,2-6H2,1H3. The second-order valence-corrected chi connectivity index (χ2v) is 5.51. The topological polar surface area (TPSA) is 38.2 Å². The maximum atomic E-state index is 6.12. The van der Waals surface area contributed by atoms with Crippen molar-refractivity contribution >= 4 is 17.7 Å². The summed E-state index contributed by atoms with van der Waals surface area (Å²) in [6.45, 7) is 0. The molecule has 0 saturated heterocycles. The van der Waals surface area contributed by atoms with Crippen LogP contribution in [0.4, 0.5) is 0 Å². The summed E-state index contributed by atoms with van der Waals surface area (Å²) >= 11 is 6.12. The maximum Gasteiger partial charge on any atom is 0.169 e. The summed E-state index contributed by atoms with van der Waals surface area (Å²) < 4.78 is 11.3. The lowest BCUT2D eigenvalue weighted by Gasteiger charge is -2.12. The van der Waals surface area contributed by atoms with Crippen molar-refractivity contribution in [3.05, 3.63) is 34.7 Å². The molecule has 0 spiro atoms. The van der Waals surface area contributed by atoms with E-state index in [1.165, 1.54) is 24.8 Å². The van der Waals surface area contributed by atoms with Gasteiger partial charge in [-0.15, -0.1) is 0 Å². The van der Waals surface area contributed by atoms with E-state index >= 15 is 0 Å². The van der Waals surface area contributed by atoms with Crippen LogP contribution in [-0.4, -0.2) is 12.1 Å². The molecule has 0 radical (unpaired) electrons. The molecule has 0 unspecified atom stereocenters. The number of hydrogen-bond acceptors (Lipinski definition) is 2. The minimum Gasteiger partial charge on any atom is -0.493 e. The lowest BCUT2D eigenvalue weighted by Crippen LogP contribution is -1.93. The Morgan fingerprint density at radius 1 is 1.30 bits per heavy atom. The van der Waals surface area contributed by atoms with Gasteiger partial charge >= 0.3 is 0 Å². The van der Waals surface area contributed by atoms with Crippen LogP contribution in [0.1, 0.15) is 37.9 Å². The van der Waals surface area contributed by atoms with Crippen LogP contribution in [-0.2, 0) is 0 Å². The first kappa shape index (κ1) is 13.4. The molecule has 3 rings (SSSR count). The quantitative estimate of drug-likeness (QED) is 0.835. The van der Waals surface area contributed by atoms with Crippen molar-refractivity contribution in [2.45, 2.75) is 32.1 Å². The van der Waals surface area contributed by atoms with E-state index in [-0.39, 0.29) is 0 Å². The zero-order valence-electron chi connectivity index (χ0n) is 11.5. The van der Waals surface area contributed by atoms with E-state index < -0.39 is 0 Å². The van der Waals surface area contributed by atoms with Crippen molar-refractivity contribution in [3.63, 3.8) is 0 Å². The highest BCUT2D eigenvalue weighted by Gasteiger charge is 2.16. The van der Waals surface area contributed by atoms with Gasteiger partial charge in [0, 0.05) is 12.3 Å². The lowest BCUT2D eigenvalue weighted by atomic mass is 9.94. The van der Waals surface area contributed by atoms with Crippen LogP contribution < -0.4 is 4.74 Å². The predicted octanol–water partition coefficient (Wildman–Crippen LogP) is 5.28. The number of furan rings is 1. The van der Waals surface area contributed by atoms with Gasteiger partial charge in [-0.05, 0) is 37.8 Å². The van der Waals surface area contributed by atoms with E-state index in [1.54, 1.807) is 13.3 Å². The van der Waals surface area contributed by atoms with E-state index in [1.807, 2.05) is 12.1 Å². The van der Waals surface area contributed by atoms with Crippen molar-refractivity contribution in [3.8, 4) is 17.2 Å². The molecule has 2 aromatic rings. The fourth-order valence-electron chi connectivity index (χ4n) is 2.65. The van der Waals surface area contributed by atoms with Gasteiger partial charge in [-0.25, -0.2) is 0 Å². The molecule has 1 aliphatic rings. The van der Waals surface area contributed by atoms with Gasteiger partial charge in [0.15, 0.2) is 17.3 Å². The molecule has 1 N–H and O–H groups in total. The second-order valence-electron chi connectivity index (χ2n) is 5.11. The zero-order chi connectivity index (χ0) is 13.9. The van der Waals surface area contributed by atoms with E-state index in [0.29, 0.717) is 10.8 Å². The van der Waals surface area contributed by atoms with Gasteiger partial charge in [-0.1, -0.05) is 23.6 Å². The highest BCUT2D eigenvalue weighted by atomic mass is 35.5. The van der Waals surface area contributed by atoms with Crippen LogP contribution >= 0.6 is 11.6 Å². The zero-order valence-corrected chi connectivity index (χ0v) is 12.3. The van der Waals surface area contributed by atoms with Gasteiger partial charge in [-0.2, -0.15) is 0 Å². The first-order chi connectivity index (χ1) is 9.78. The summed E-state index contributed by atoms with van der Waals surface area (Å²) in [5.41, 5.74) is 2.23. The number of ether oxygens (including phenoxy) is 1. The molecule has 1 fully saturated rings. The Labute approximate surface area is 123 Å². The molecule has 1 aliphatic carbocycles. The van der Waals surface area contributed by atoms with Gasteiger partial charge in [-0.3, -0.25) is 0 Å². The van der Waals surface area contributed by atoms with Crippen molar-refractivity contribution in [1.82, 2.24) is 4.98 Å². The molecule has 4 heteroatoms. The Balaban J connectivity index is 1.95. The number of halogens is 1. The molecule has 0 amide bonds. The number of rotatable bonds is 3. The molecule has 2 heterocycles. The lowest BCUT2D eigenvalue weighted by molar-refractivity contribution is 0.403. The maximum absolute atomic E-state index is 6.12. The van der Waals surface area contributed by atoms with E-state index in [9.17, 15) is 0 Å². The van der Waals surface area contributed by atoms with Crippen molar-refractivity contribution < 1.29 is 9.15 Å².